The minimum atomic E-state index is -4.88. The van der Waals surface area contributed by atoms with Gasteiger partial charge in [0.1, 0.15) is 12.6 Å². The van der Waals surface area contributed by atoms with Crippen LogP contribution in [0.4, 0.5) is 18.9 Å². The Kier molecular flexibility index (Phi) is 10.9. The van der Waals surface area contributed by atoms with E-state index in [1.165, 1.54) is 24.0 Å². The molecular weight excluding hydrogens is 603 g/mol. The average Bonchev–Trinajstić information content (AvgIpc) is 2.93. The van der Waals surface area contributed by atoms with Crippen molar-refractivity contribution < 1.29 is 31.2 Å². The van der Waals surface area contributed by atoms with E-state index in [0.717, 1.165) is 23.3 Å². The molecule has 0 spiro atoms. The van der Waals surface area contributed by atoms with Crippen molar-refractivity contribution in [3.8, 4) is 0 Å². The van der Waals surface area contributed by atoms with Gasteiger partial charge in [-0.15, -0.1) is 0 Å². The molecule has 3 aromatic rings. The molecule has 1 atom stereocenters. The molecule has 0 fully saturated rings. The van der Waals surface area contributed by atoms with Crippen LogP contribution in [-0.2, 0) is 32.3 Å². The number of hydrogen-bond acceptors (Lipinski definition) is 4. The van der Waals surface area contributed by atoms with Gasteiger partial charge in [0.05, 0.1) is 21.2 Å². The molecule has 43 heavy (non-hydrogen) atoms. The fourth-order valence-electron chi connectivity index (χ4n) is 4.18. The van der Waals surface area contributed by atoms with Crippen LogP contribution in [0.2, 0.25) is 5.02 Å². The first kappa shape index (κ1) is 33.9. The Morgan fingerprint density at radius 1 is 0.907 bits per heavy atom. The van der Waals surface area contributed by atoms with Crippen LogP contribution < -0.4 is 9.62 Å². The van der Waals surface area contributed by atoms with Crippen LogP contribution >= 0.6 is 11.6 Å². The summed E-state index contributed by atoms with van der Waals surface area (Å²) in [4.78, 5) is 28.0. The van der Waals surface area contributed by atoms with Crippen molar-refractivity contribution in [2.75, 3.05) is 17.4 Å². The molecule has 0 bridgehead atoms. The van der Waals surface area contributed by atoms with E-state index in [-0.39, 0.29) is 17.4 Å². The maximum atomic E-state index is 14.0. The highest BCUT2D eigenvalue weighted by molar-refractivity contribution is 7.92. The van der Waals surface area contributed by atoms with Crippen LogP contribution in [0.3, 0.4) is 0 Å². The van der Waals surface area contributed by atoms with Gasteiger partial charge in [0, 0.05) is 13.1 Å². The van der Waals surface area contributed by atoms with Crippen molar-refractivity contribution >= 4 is 39.1 Å². The van der Waals surface area contributed by atoms with Crippen LogP contribution in [0.1, 0.15) is 43.0 Å². The maximum Gasteiger partial charge on any atom is 0.417 e. The first-order valence-electron chi connectivity index (χ1n) is 13.6. The van der Waals surface area contributed by atoms with Gasteiger partial charge in [-0.25, -0.2) is 8.42 Å². The number of rotatable bonds is 11. The van der Waals surface area contributed by atoms with Crippen molar-refractivity contribution in [3.63, 3.8) is 0 Å². The summed E-state index contributed by atoms with van der Waals surface area (Å²) in [7, 11) is -4.55. The van der Waals surface area contributed by atoms with Crippen molar-refractivity contribution in [2.24, 2.45) is 5.92 Å². The third-order valence-electron chi connectivity index (χ3n) is 6.76. The number of nitrogens with zero attached hydrogens (tertiary/aromatic N) is 2. The minimum Gasteiger partial charge on any atom is -0.354 e. The van der Waals surface area contributed by atoms with E-state index in [2.05, 4.69) is 5.32 Å². The second-order valence-corrected chi connectivity index (χ2v) is 13.1. The van der Waals surface area contributed by atoms with Gasteiger partial charge in [0.15, 0.2) is 0 Å². The summed E-state index contributed by atoms with van der Waals surface area (Å²) in [6.45, 7) is 8.43. The van der Waals surface area contributed by atoms with Crippen molar-refractivity contribution in [3.05, 3.63) is 94.0 Å². The second-order valence-electron chi connectivity index (χ2n) is 10.8. The number of carbonyl (C=O) groups is 2. The summed E-state index contributed by atoms with van der Waals surface area (Å²) in [6, 6.07) is 14.6. The van der Waals surface area contributed by atoms with E-state index in [1.807, 2.05) is 32.9 Å². The molecule has 0 radical (unpaired) electrons. The van der Waals surface area contributed by atoms with E-state index in [0.29, 0.717) is 22.5 Å². The first-order valence-corrected chi connectivity index (χ1v) is 15.4. The summed E-state index contributed by atoms with van der Waals surface area (Å²) in [5.74, 6) is -1.10. The average molecular weight is 638 g/mol. The zero-order chi connectivity index (χ0) is 32.1. The van der Waals surface area contributed by atoms with E-state index in [9.17, 15) is 31.2 Å². The van der Waals surface area contributed by atoms with Crippen LogP contribution in [0.25, 0.3) is 0 Å². The van der Waals surface area contributed by atoms with Crippen LogP contribution in [0, 0.1) is 19.8 Å². The van der Waals surface area contributed by atoms with Gasteiger partial charge in [-0.2, -0.15) is 13.2 Å². The lowest BCUT2D eigenvalue weighted by atomic mass is 10.1. The number of amides is 2. The van der Waals surface area contributed by atoms with Crippen LogP contribution in [0.5, 0.6) is 0 Å². The molecule has 0 aliphatic heterocycles. The van der Waals surface area contributed by atoms with E-state index < -0.39 is 56.9 Å². The van der Waals surface area contributed by atoms with Gasteiger partial charge >= 0.3 is 6.18 Å². The molecule has 0 heterocycles. The molecule has 7 nitrogen and oxygen atoms in total. The Morgan fingerprint density at radius 3 is 2.00 bits per heavy atom. The Bertz CT molecular complexity index is 1540. The molecule has 0 unspecified atom stereocenters. The highest BCUT2D eigenvalue weighted by atomic mass is 35.5. The number of nitrogens with one attached hydrogen (secondary N) is 1. The summed E-state index contributed by atoms with van der Waals surface area (Å²) in [5.41, 5.74) is 0.765. The summed E-state index contributed by atoms with van der Waals surface area (Å²) in [5, 5.41) is 2.17. The smallest absolute Gasteiger partial charge is 0.354 e. The topological polar surface area (TPSA) is 86.8 Å². The normalized spacial score (nSPS) is 12.6. The molecule has 0 aliphatic carbocycles. The quantitative estimate of drug-likeness (QED) is 0.265. The largest absolute Gasteiger partial charge is 0.417 e. The Labute approximate surface area is 255 Å². The maximum absolute atomic E-state index is 14.0. The third kappa shape index (κ3) is 8.73. The van der Waals surface area contributed by atoms with Crippen molar-refractivity contribution in [1.29, 1.82) is 0 Å². The molecule has 1 N–H and O–H groups in total. The third-order valence-corrected chi connectivity index (χ3v) is 8.87. The number of anilines is 1. The Hall–Kier alpha value is -3.57. The van der Waals surface area contributed by atoms with Gasteiger partial charge in [-0.3, -0.25) is 13.9 Å². The first-order chi connectivity index (χ1) is 20.0. The molecule has 232 valence electrons. The number of aryl methyl sites for hydroxylation is 2. The number of carbonyl (C=O) groups excluding carboxylic acids is 2. The molecule has 0 saturated heterocycles. The lowest BCUT2D eigenvalue weighted by molar-refractivity contribution is -0.139. The lowest BCUT2D eigenvalue weighted by Crippen LogP contribution is -2.51. The Balaban J connectivity index is 2.10. The summed E-state index contributed by atoms with van der Waals surface area (Å²) >= 11 is 5.81. The van der Waals surface area contributed by atoms with E-state index >= 15 is 0 Å². The number of hydrogen-bond donors (Lipinski definition) is 1. The molecule has 12 heteroatoms. The van der Waals surface area contributed by atoms with Crippen molar-refractivity contribution in [1.82, 2.24) is 10.2 Å². The lowest BCUT2D eigenvalue weighted by Gasteiger charge is -2.32. The second kappa shape index (κ2) is 13.8. The van der Waals surface area contributed by atoms with E-state index in [4.69, 9.17) is 11.6 Å². The molecule has 0 aromatic heterocycles. The fraction of sp³-hybridized carbons (Fsp3) is 0.355. The molecule has 0 aliphatic rings. The summed E-state index contributed by atoms with van der Waals surface area (Å²) < 4.78 is 69.7. The highest BCUT2D eigenvalue weighted by Crippen LogP contribution is 2.38. The zero-order valence-electron chi connectivity index (χ0n) is 24.6. The monoisotopic (exact) mass is 637 g/mol. The highest BCUT2D eigenvalue weighted by Gasteiger charge is 2.37. The number of benzene rings is 3. The predicted molar refractivity (Wildman–Crippen MR) is 161 cm³/mol. The van der Waals surface area contributed by atoms with Gasteiger partial charge < -0.3 is 10.2 Å². The molecule has 0 saturated carbocycles. The van der Waals surface area contributed by atoms with Gasteiger partial charge in [0.25, 0.3) is 10.0 Å². The minimum absolute atomic E-state index is 0.0395. The summed E-state index contributed by atoms with van der Waals surface area (Å²) in [6.07, 6.45) is -4.88. The fourth-order valence-corrected chi connectivity index (χ4v) is 5.81. The zero-order valence-corrected chi connectivity index (χ0v) is 26.1. The standard InChI is InChI=1S/C31H35ClF3N3O4S/c1-20(2)17-36-30(40)23(5)37(18-24-10-6-21(3)7-11-24)29(39)19-38(43(41,42)26-13-8-22(4)9-14-26)25-12-15-28(32)27(16-25)31(33,34)35/h6-16,20,23H,17-19H2,1-5H3,(H,36,40)/t23-/m1/s1. The molecule has 3 aromatic carbocycles. The number of halogens is 4. The SMILES string of the molecule is Cc1ccc(CN(C(=O)CN(c2ccc(Cl)c(C(F)(F)F)c2)S(=O)(=O)c2ccc(C)cc2)[C@H](C)C(=O)NCC(C)C)cc1. The molecule has 2 amide bonds. The number of sulfonamides is 1. The predicted octanol–water partition coefficient (Wildman–Crippen LogP) is 6.36. The Morgan fingerprint density at radius 2 is 1.47 bits per heavy atom. The van der Waals surface area contributed by atoms with E-state index in [1.54, 1.807) is 31.2 Å². The van der Waals surface area contributed by atoms with Gasteiger partial charge in [-0.05, 0) is 62.6 Å². The van der Waals surface area contributed by atoms with Gasteiger partial charge in [-0.1, -0.05) is 73.0 Å². The number of alkyl halides is 3. The van der Waals surface area contributed by atoms with Crippen LogP contribution in [-0.4, -0.2) is 44.3 Å². The molecular formula is C31H35ClF3N3O4S. The molecule has 3 rings (SSSR count). The van der Waals surface area contributed by atoms with Gasteiger partial charge in [0.2, 0.25) is 11.8 Å². The van der Waals surface area contributed by atoms with Crippen LogP contribution in [0.15, 0.2) is 71.6 Å². The van der Waals surface area contributed by atoms with Crippen molar-refractivity contribution in [2.45, 2.75) is 58.3 Å².